The Morgan fingerprint density at radius 1 is 0.893 bits per heavy atom. The quantitative estimate of drug-likeness (QED) is 0.587. The van der Waals surface area contributed by atoms with Gasteiger partial charge in [0.05, 0.1) is 0 Å². The molecule has 9 heteroatoms. The molecule has 28 heavy (non-hydrogen) atoms. The Morgan fingerprint density at radius 3 is 2.39 bits per heavy atom. The largest absolute Gasteiger partial charge is 0.454 e. The van der Waals surface area contributed by atoms with Gasteiger partial charge in [0.25, 0.3) is 5.91 Å². The standard InChI is InChI=1S/C19H18BrN3O5/c20-14-4-2-13(3-5-14)19(26)23-22-18(25)8-7-17(24)21-10-12-1-6-15-16(9-12)28-11-27-15/h1-6,9H,7-8,10-11H2,(H,21,24)(H,22,25)(H,23,26). The molecule has 0 spiro atoms. The van der Waals surface area contributed by atoms with E-state index < -0.39 is 11.8 Å². The lowest BCUT2D eigenvalue weighted by molar-refractivity contribution is -0.126. The summed E-state index contributed by atoms with van der Waals surface area (Å²) in [6.07, 6.45) is -0.0435. The van der Waals surface area contributed by atoms with E-state index in [0.29, 0.717) is 23.6 Å². The van der Waals surface area contributed by atoms with E-state index in [2.05, 4.69) is 32.1 Å². The number of amides is 3. The molecule has 3 amide bonds. The van der Waals surface area contributed by atoms with Crippen LogP contribution < -0.4 is 25.6 Å². The predicted octanol–water partition coefficient (Wildman–Crippen LogP) is 2.04. The van der Waals surface area contributed by atoms with Gasteiger partial charge in [0, 0.05) is 29.4 Å². The molecule has 0 saturated carbocycles. The van der Waals surface area contributed by atoms with Crippen LogP contribution in [-0.4, -0.2) is 24.5 Å². The highest BCUT2D eigenvalue weighted by Crippen LogP contribution is 2.32. The number of carbonyl (C=O) groups excluding carboxylic acids is 3. The van der Waals surface area contributed by atoms with Crippen molar-refractivity contribution in [1.29, 1.82) is 0 Å². The van der Waals surface area contributed by atoms with Gasteiger partial charge in [0.1, 0.15) is 0 Å². The van der Waals surface area contributed by atoms with Crippen molar-refractivity contribution < 1.29 is 23.9 Å². The van der Waals surface area contributed by atoms with Crippen molar-refractivity contribution in [2.75, 3.05) is 6.79 Å². The number of ether oxygens (including phenoxy) is 2. The fourth-order valence-corrected chi connectivity index (χ4v) is 2.69. The first-order chi connectivity index (χ1) is 13.5. The third-order valence-electron chi connectivity index (χ3n) is 3.93. The van der Waals surface area contributed by atoms with Crippen molar-refractivity contribution in [3.8, 4) is 11.5 Å². The molecule has 0 unspecified atom stereocenters. The Labute approximate surface area is 169 Å². The lowest BCUT2D eigenvalue weighted by Gasteiger charge is -2.08. The average Bonchev–Trinajstić information content (AvgIpc) is 3.17. The van der Waals surface area contributed by atoms with Gasteiger partial charge in [0.2, 0.25) is 18.6 Å². The van der Waals surface area contributed by atoms with Crippen LogP contribution in [0, 0.1) is 0 Å². The molecule has 0 aromatic heterocycles. The van der Waals surface area contributed by atoms with E-state index in [1.165, 1.54) is 0 Å². The van der Waals surface area contributed by atoms with E-state index in [1.807, 2.05) is 6.07 Å². The number of nitrogens with one attached hydrogen (secondary N) is 3. The first kappa shape index (κ1) is 19.7. The molecule has 0 aliphatic carbocycles. The molecule has 0 atom stereocenters. The monoisotopic (exact) mass is 447 g/mol. The molecular formula is C19H18BrN3O5. The highest BCUT2D eigenvalue weighted by Gasteiger charge is 2.14. The van der Waals surface area contributed by atoms with Gasteiger partial charge in [-0.1, -0.05) is 22.0 Å². The maximum absolute atomic E-state index is 11.9. The Hall–Kier alpha value is -3.07. The molecule has 1 heterocycles. The third-order valence-corrected chi connectivity index (χ3v) is 4.46. The fourth-order valence-electron chi connectivity index (χ4n) is 2.43. The summed E-state index contributed by atoms with van der Waals surface area (Å²) in [5.74, 6) is 0.161. The lowest BCUT2D eigenvalue weighted by atomic mass is 10.2. The Morgan fingerprint density at radius 2 is 1.61 bits per heavy atom. The van der Waals surface area contributed by atoms with Crippen molar-refractivity contribution in [2.45, 2.75) is 19.4 Å². The normalized spacial score (nSPS) is 11.6. The SMILES string of the molecule is O=C(CCC(=O)NNC(=O)c1ccc(Br)cc1)NCc1ccc2c(c1)OCO2. The van der Waals surface area contributed by atoms with Gasteiger partial charge in [-0.2, -0.15) is 0 Å². The molecule has 8 nitrogen and oxygen atoms in total. The predicted molar refractivity (Wildman–Crippen MR) is 103 cm³/mol. The topological polar surface area (TPSA) is 106 Å². The maximum Gasteiger partial charge on any atom is 0.269 e. The molecule has 3 N–H and O–H groups in total. The summed E-state index contributed by atoms with van der Waals surface area (Å²) < 4.78 is 11.4. The third kappa shape index (κ3) is 5.46. The van der Waals surface area contributed by atoms with Crippen LogP contribution in [0.1, 0.15) is 28.8 Å². The van der Waals surface area contributed by atoms with Crippen molar-refractivity contribution in [3.63, 3.8) is 0 Å². The highest BCUT2D eigenvalue weighted by molar-refractivity contribution is 9.10. The van der Waals surface area contributed by atoms with Gasteiger partial charge in [-0.05, 0) is 42.0 Å². The summed E-state index contributed by atoms with van der Waals surface area (Å²) in [5, 5.41) is 2.73. The molecule has 0 radical (unpaired) electrons. The Balaban J connectivity index is 1.35. The Bertz CT molecular complexity index is 886. The van der Waals surface area contributed by atoms with Gasteiger partial charge in [-0.25, -0.2) is 0 Å². The number of rotatable bonds is 6. The van der Waals surface area contributed by atoms with Gasteiger partial charge in [0.15, 0.2) is 11.5 Å². The second kappa shape index (κ2) is 9.23. The van der Waals surface area contributed by atoms with E-state index in [4.69, 9.17) is 9.47 Å². The fraction of sp³-hybridized carbons (Fsp3) is 0.211. The smallest absolute Gasteiger partial charge is 0.269 e. The van der Waals surface area contributed by atoms with Crippen LogP contribution in [0.4, 0.5) is 0 Å². The van der Waals surface area contributed by atoms with Crippen LogP contribution in [-0.2, 0) is 16.1 Å². The number of carbonyl (C=O) groups is 3. The van der Waals surface area contributed by atoms with Gasteiger partial charge >= 0.3 is 0 Å². The number of hydrogen-bond acceptors (Lipinski definition) is 5. The van der Waals surface area contributed by atoms with Gasteiger partial charge in [-0.3, -0.25) is 25.2 Å². The summed E-state index contributed by atoms with van der Waals surface area (Å²) in [7, 11) is 0. The lowest BCUT2D eigenvalue weighted by Crippen LogP contribution is -2.42. The first-order valence-electron chi connectivity index (χ1n) is 8.51. The second-order valence-electron chi connectivity index (χ2n) is 5.97. The molecule has 3 rings (SSSR count). The van der Waals surface area contributed by atoms with Crippen LogP contribution in [0.5, 0.6) is 11.5 Å². The molecule has 1 aliphatic rings. The molecule has 0 bridgehead atoms. The van der Waals surface area contributed by atoms with E-state index >= 15 is 0 Å². The zero-order valence-electron chi connectivity index (χ0n) is 14.8. The number of benzene rings is 2. The van der Waals surface area contributed by atoms with Crippen molar-refractivity contribution in [2.24, 2.45) is 0 Å². The first-order valence-corrected chi connectivity index (χ1v) is 9.30. The molecule has 0 fully saturated rings. The number of hydrogen-bond donors (Lipinski definition) is 3. The summed E-state index contributed by atoms with van der Waals surface area (Å²) in [6.45, 7) is 0.510. The molecule has 0 saturated heterocycles. The van der Waals surface area contributed by atoms with E-state index in [-0.39, 0.29) is 25.5 Å². The van der Waals surface area contributed by atoms with Crippen LogP contribution >= 0.6 is 15.9 Å². The molecule has 1 aliphatic heterocycles. The summed E-state index contributed by atoms with van der Waals surface area (Å²) in [4.78, 5) is 35.6. The van der Waals surface area contributed by atoms with Crippen LogP contribution in [0.2, 0.25) is 0 Å². The zero-order valence-corrected chi connectivity index (χ0v) is 16.4. The zero-order chi connectivity index (χ0) is 19.9. The summed E-state index contributed by atoms with van der Waals surface area (Å²) in [6, 6.07) is 12.1. The molecule has 2 aromatic carbocycles. The molecular weight excluding hydrogens is 430 g/mol. The van der Waals surface area contributed by atoms with Crippen LogP contribution in [0.25, 0.3) is 0 Å². The number of fused-ring (bicyclic) bond motifs is 1. The summed E-state index contributed by atoms with van der Waals surface area (Å²) in [5.41, 5.74) is 5.88. The maximum atomic E-state index is 11.9. The van der Waals surface area contributed by atoms with Crippen molar-refractivity contribution >= 4 is 33.7 Å². The second-order valence-corrected chi connectivity index (χ2v) is 6.89. The number of hydrazine groups is 1. The highest BCUT2D eigenvalue weighted by atomic mass is 79.9. The summed E-state index contributed by atoms with van der Waals surface area (Å²) >= 11 is 3.28. The van der Waals surface area contributed by atoms with Crippen LogP contribution in [0.3, 0.4) is 0 Å². The molecule has 146 valence electrons. The van der Waals surface area contributed by atoms with Crippen molar-refractivity contribution in [1.82, 2.24) is 16.2 Å². The van der Waals surface area contributed by atoms with E-state index in [9.17, 15) is 14.4 Å². The minimum atomic E-state index is -0.455. The van der Waals surface area contributed by atoms with Crippen molar-refractivity contribution in [3.05, 3.63) is 58.1 Å². The molecule has 2 aromatic rings. The number of halogens is 1. The van der Waals surface area contributed by atoms with Crippen LogP contribution in [0.15, 0.2) is 46.9 Å². The minimum Gasteiger partial charge on any atom is -0.454 e. The van der Waals surface area contributed by atoms with Gasteiger partial charge < -0.3 is 14.8 Å². The Kier molecular flexibility index (Phi) is 6.49. The van der Waals surface area contributed by atoms with Gasteiger partial charge in [-0.15, -0.1) is 0 Å². The van der Waals surface area contributed by atoms with E-state index in [0.717, 1.165) is 10.0 Å². The average molecular weight is 448 g/mol. The van der Waals surface area contributed by atoms with E-state index in [1.54, 1.807) is 36.4 Å². The minimum absolute atomic E-state index is 0.00450.